The third kappa shape index (κ3) is 18.4. The van der Waals surface area contributed by atoms with Crippen molar-refractivity contribution in [3.63, 3.8) is 0 Å². The molecule has 0 aromatic rings. The summed E-state index contributed by atoms with van der Waals surface area (Å²) < 4.78 is 0. The van der Waals surface area contributed by atoms with Crippen LogP contribution in [0.15, 0.2) is 12.2 Å². The fraction of sp³-hybridized carbons (Fsp3) is 0.917. The third-order valence-electron chi connectivity index (χ3n) is 5.64. The van der Waals surface area contributed by atoms with Crippen molar-refractivity contribution in [2.75, 3.05) is 0 Å². The van der Waals surface area contributed by atoms with Crippen LogP contribution in [0, 0.1) is 5.92 Å². The van der Waals surface area contributed by atoms with E-state index in [0.717, 1.165) is 5.92 Å². The minimum Gasteiger partial charge on any atom is -0.0999 e. The Bertz CT molecular complexity index is 271. The van der Waals surface area contributed by atoms with Gasteiger partial charge >= 0.3 is 0 Å². The summed E-state index contributed by atoms with van der Waals surface area (Å²) in [6.07, 6.45) is 26.7. The second kappa shape index (κ2) is 20.1. The van der Waals surface area contributed by atoms with Crippen molar-refractivity contribution < 1.29 is 0 Å². The highest BCUT2D eigenvalue weighted by atomic mass is 14.2. The highest BCUT2D eigenvalue weighted by molar-refractivity contribution is 6.08. The molecular formula is C24H49B. The Balaban J connectivity index is 3.95. The standard InChI is InChI=1S/C24H49B/c1-4-6-8-10-11-16-20-24(19-15-9-7-5-2)22-23(3)18-14-12-13-17-21-25/h24H,3-22,25H2,1-2H3. The maximum Gasteiger partial charge on any atom is 0.101 e. The summed E-state index contributed by atoms with van der Waals surface area (Å²) >= 11 is 0. The summed E-state index contributed by atoms with van der Waals surface area (Å²) in [6, 6.07) is 0. The number of hydrogen-bond acceptors (Lipinski definition) is 0. The second-order valence-corrected chi connectivity index (χ2v) is 8.39. The fourth-order valence-electron chi connectivity index (χ4n) is 3.91. The third-order valence-corrected chi connectivity index (χ3v) is 5.64. The molecule has 1 atom stereocenters. The highest BCUT2D eigenvalue weighted by Gasteiger charge is 2.10. The van der Waals surface area contributed by atoms with E-state index in [1.165, 1.54) is 122 Å². The molecule has 0 nitrogen and oxygen atoms in total. The average molecular weight is 348 g/mol. The molecule has 25 heavy (non-hydrogen) atoms. The molecule has 1 unspecified atom stereocenters. The van der Waals surface area contributed by atoms with Crippen molar-refractivity contribution in [1.82, 2.24) is 0 Å². The van der Waals surface area contributed by atoms with Gasteiger partial charge in [-0.05, 0) is 25.2 Å². The Morgan fingerprint density at radius 2 is 1.16 bits per heavy atom. The summed E-state index contributed by atoms with van der Waals surface area (Å²) in [6.45, 7) is 9.04. The largest absolute Gasteiger partial charge is 0.101 e. The Morgan fingerprint density at radius 3 is 1.76 bits per heavy atom. The molecule has 0 aromatic carbocycles. The zero-order chi connectivity index (χ0) is 18.6. The van der Waals surface area contributed by atoms with Gasteiger partial charge in [-0.25, -0.2) is 0 Å². The zero-order valence-electron chi connectivity index (χ0n) is 18.2. The molecule has 0 radical (unpaired) electrons. The quantitative estimate of drug-likeness (QED) is 0.118. The van der Waals surface area contributed by atoms with Gasteiger partial charge in [-0.3, -0.25) is 0 Å². The first-order valence-corrected chi connectivity index (χ1v) is 11.9. The molecule has 0 N–H and O–H groups in total. The van der Waals surface area contributed by atoms with Crippen LogP contribution < -0.4 is 0 Å². The fourth-order valence-corrected chi connectivity index (χ4v) is 3.91. The van der Waals surface area contributed by atoms with E-state index < -0.39 is 0 Å². The number of allylic oxidation sites excluding steroid dienone is 1. The molecule has 0 aromatic heterocycles. The molecule has 1 heteroatoms. The predicted octanol–water partition coefficient (Wildman–Crippen LogP) is 8.27. The molecule has 0 saturated carbocycles. The van der Waals surface area contributed by atoms with Crippen molar-refractivity contribution in [2.45, 2.75) is 136 Å². The van der Waals surface area contributed by atoms with Gasteiger partial charge in [0.25, 0.3) is 0 Å². The van der Waals surface area contributed by atoms with Crippen molar-refractivity contribution in [1.29, 1.82) is 0 Å². The monoisotopic (exact) mass is 348 g/mol. The van der Waals surface area contributed by atoms with E-state index >= 15 is 0 Å². The van der Waals surface area contributed by atoms with Crippen LogP contribution in [0.5, 0.6) is 0 Å². The number of hydrogen-bond donors (Lipinski definition) is 0. The molecule has 148 valence electrons. The summed E-state index contributed by atoms with van der Waals surface area (Å²) in [5, 5.41) is 0. The van der Waals surface area contributed by atoms with Crippen LogP contribution in [-0.4, -0.2) is 7.85 Å². The van der Waals surface area contributed by atoms with Crippen LogP contribution >= 0.6 is 0 Å². The average Bonchev–Trinajstić information content (AvgIpc) is 2.61. The lowest BCUT2D eigenvalue weighted by Gasteiger charge is -2.18. The molecule has 0 heterocycles. The smallest absolute Gasteiger partial charge is 0.0999 e. The van der Waals surface area contributed by atoms with E-state index in [0.29, 0.717) is 0 Å². The van der Waals surface area contributed by atoms with Gasteiger partial charge in [0.2, 0.25) is 0 Å². The van der Waals surface area contributed by atoms with E-state index in [-0.39, 0.29) is 0 Å². The van der Waals surface area contributed by atoms with Gasteiger partial charge in [0, 0.05) is 0 Å². The van der Waals surface area contributed by atoms with Gasteiger partial charge < -0.3 is 0 Å². The van der Waals surface area contributed by atoms with Crippen LogP contribution in [0.4, 0.5) is 0 Å². The minimum absolute atomic E-state index is 0.922. The van der Waals surface area contributed by atoms with Gasteiger partial charge in [0.15, 0.2) is 0 Å². The Labute approximate surface area is 162 Å². The van der Waals surface area contributed by atoms with E-state index in [1.807, 2.05) is 0 Å². The van der Waals surface area contributed by atoms with Gasteiger partial charge in [-0.2, -0.15) is 0 Å². The van der Waals surface area contributed by atoms with E-state index in [2.05, 4.69) is 28.3 Å². The van der Waals surface area contributed by atoms with Crippen molar-refractivity contribution >= 4 is 7.85 Å². The van der Waals surface area contributed by atoms with Crippen LogP contribution in [0.3, 0.4) is 0 Å². The van der Waals surface area contributed by atoms with Crippen molar-refractivity contribution in [2.24, 2.45) is 5.92 Å². The molecule has 0 fully saturated rings. The Morgan fingerprint density at radius 1 is 0.680 bits per heavy atom. The van der Waals surface area contributed by atoms with Crippen LogP contribution in [0.2, 0.25) is 6.32 Å². The molecule has 0 aliphatic carbocycles. The zero-order valence-corrected chi connectivity index (χ0v) is 18.2. The summed E-state index contributed by atoms with van der Waals surface area (Å²) in [5.74, 6) is 0.922. The molecule has 0 spiro atoms. The lowest BCUT2D eigenvalue weighted by molar-refractivity contribution is 0.397. The van der Waals surface area contributed by atoms with Gasteiger partial charge in [0.05, 0.1) is 0 Å². The summed E-state index contributed by atoms with van der Waals surface area (Å²) in [5.41, 5.74) is 1.54. The van der Waals surface area contributed by atoms with Crippen molar-refractivity contribution in [3.8, 4) is 0 Å². The first-order chi connectivity index (χ1) is 12.2. The van der Waals surface area contributed by atoms with E-state index in [9.17, 15) is 0 Å². The topological polar surface area (TPSA) is 0 Å². The van der Waals surface area contributed by atoms with E-state index in [1.54, 1.807) is 5.57 Å². The lowest BCUT2D eigenvalue weighted by atomic mass is 9.87. The molecular weight excluding hydrogens is 299 g/mol. The van der Waals surface area contributed by atoms with Crippen LogP contribution in [0.1, 0.15) is 129 Å². The van der Waals surface area contributed by atoms with Gasteiger partial charge in [-0.15, -0.1) is 0 Å². The first-order valence-electron chi connectivity index (χ1n) is 11.9. The lowest BCUT2D eigenvalue weighted by Crippen LogP contribution is -2.03. The number of rotatable bonds is 20. The number of unbranched alkanes of at least 4 members (excludes halogenated alkanes) is 11. The van der Waals surface area contributed by atoms with Crippen LogP contribution in [-0.2, 0) is 0 Å². The molecule has 0 saturated heterocycles. The van der Waals surface area contributed by atoms with Gasteiger partial charge in [0.1, 0.15) is 7.85 Å². The summed E-state index contributed by atoms with van der Waals surface area (Å²) in [4.78, 5) is 0. The van der Waals surface area contributed by atoms with Crippen molar-refractivity contribution in [3.05, 3.63) is 12.2 Å². The normalized spacial score (nSPS) is 12.4. The SMILES string of the molecule is BCCCCCCC(=C)CC(CCCCCC)CCCCCCCC. The predicted molar refractivity (Wildman–Crippen MR) is 120 cm³/mol. The maximum absolute atomic E-state index is 4.43. The molecule has 0 rings (SSSR count). The van der Waals surface area contributed by atoms with Gasteiger partial charge in [-0.1, -0.05) is 129 Å². The Hall–Kier alpha value is -0.195. The van der Waals surface area contributed by atoms with Crippen LogP contribution in [0.25, 0.3) is 0 Å². The maximum atomic E-state index is 4.43. The molecule has 0 amide bonds. The summed E-state index contributed by atoms with van der Waals surface area (Å²) in [7, 11) is 2.30. The second-order valence-electron chi connectivity index (χ2n) is 8.39. The van der Waals surface area contributed by atoms with E-state index in [4.69, 9.17) is 0 Å². The molecule has 0 bridgehead atoms. The minimum atomic E-state index is 0.922. The molecule has 0 aliphatic rings. The first kappa shape index (κ1) is 24.8. The Kier molecular flexibility index (Phi) is 20.0. The molecule has 0 aliphatic heterocycles. The highest BCUT2D eigenvalue weighted by Crippen LogP contribution is 2.26.